The lowest BCUT2D eigenvalue weighted by atomic mass is 10.1. The molecule has 3 heterocycles. The fourth-order valence-corrected chi connectivity index (χ4v) is 3.00. The van der Waals surface area contributed by atoms with E-state index in [-0.39, 0.29) is 0 Å². The molecule has 1 N–H and O–H groups in total. The molecule has 0 amide bonds. The van der Waals surface area contributed by atoms with Crippen LogP contribution >= 0.6 is 0 Å². The first kappa shape index (κ1) is 12.6. The summed E-state index contributed by atoms with van der Waals surface area (Å²) in [6, 6.07) is 10.7. The van der Waals surface area contributed by atoms with Gasteiger partial charge in [-0.25, -0.2) is 0 Å². The molecule has 0 saturated heterocycles. The normalized spacial score (nSPS) is 18.0. The molecule has 2 aromatic heterocycles. The molecule has 5 nitrogen and oxygen atoms in total. The number of hydrogen-bond acceptors (Lipinski definition) is 4. The van der Waals surface area contributed by atoms with Crippen LogP contribution in [-0.4, -0.2) is 20.8 Å². The van der Waals surface area contributed by atoms with Gasteiger partial charge >= 0.3 is 0 Å². The van der Waals surface area contributed by atoms with E-state index in [9.17, 15) is 0 Å². The molecule has 0 fully saturated rings. The van der Waals surface area contributed by atoms with E-state index in [1.165, 1.54) is 0 Å². The molecule has 3 aromatic rings. The van der Waals surface area contributed by atoms with Crippen molar-refractivity contribution in [1.29, 1.82) is 0 Å². The van der Waals surface area contributed by atoms with E-state index in [1.807, 2.05) is 25.1 Å². The zero-order valence-electron chi connectivity index (χ0n) is 12.0. The first-order chi connectivity index (χ1) is 10.3. The van der Waals surface area contributed by atoms with Crippen molar-refractivity contribution in [2.45, 2.75) is 38.9 Å². The number of aromatic nitrogens is 3. The maximum Gasteiger partial charge on any atom is 0.134 e. The lowest BCUT2D eigenvalue weighted by Gasteiger charge is -2.24. The van der Waals surface area contributed by atoms with Crippen molar-refractivity contribution in [3.63, 3.8) is 0 Å². The second kappa shape index (κ2) is 5.00. The van der Waals surface area contributed by atoms with E-state index in [2.05, 4.69) is 32.2 Å². The maximum absolute atomic E-state index is 5.84. The van der Waals surface area contributed by atoms with Crippen LogP contribution in [0.25, 0.3) is 11.0 Å². The number of furan rings is 1. The third-order valence-electron chi connectivity index (χ3n) is 4.17. The average Bonchev–Trinajstić information content (AvgIpc) is 3.09. The molecule has 0 saturated carbocycles. The summed E-state index contributed by atoms with van der Waals surface area (Å²) < 4.78 is 8.05. The number of hydrogen-bond donors (Lipinski definition) is 1. The van der Waals surface area contributed by atoms with E-state index in [0.717, 1.165) is 54.3 Å². The summed E-state index contributed by atoms with van der Waals surface area (Å²) in [5.74, 6) is 3.09. The van der Waals surface area contributed by atoms with Crippen LogP contribution in [0.2, 0.25) is 0 Å². The Balaban J connectivity index is 1.44. The SMILES string of the molecule is Cc1nnc2n1CC(NCc1cc3ccccc3o1)CC2. The molecule has 0 aliphatic carbocycles. The van der Waals surface area contributed by atoms with Crippen LogP contribution < -0.4 is 5.32 Å². The smallest absolute Gasteiger partial charge is 0.134 e. The Morgan fingerprint density at radius 2 is 2.24 bits per heavy atom. The molecule has 5 heteroatoms. The fraction of sp³-hybridized carbons (Fsp3) is 0.375. The summed E-state index contributed by atoms with van der Waals surface area (Å²) in [5, 5.41) is 13.1. The summed E-state index contributed by atoms with van der Waals surface area (Å²) in [4.78, 5) is 0. The van der Waals surface area contributed by atoms with Crippen LogP contribution in [-0.2, 0) is 19.5 Å². The highest BCUT2D eigenvalue weighted by molar-refractivity contribution is 5.77. The number of rotatable bonds is 3. The molecule has 4 rings (SSSR count). The van der Waals surface area contributed by atoms with Gasteiger partial charge < -0.3 is 14.3 Å². The number of nitrogens with zero attached hydrogens (tertiary/aromatic N) is 3. The monoisotopic (exact) mass is 282 g/mol. The first-order valence-electron chi connectivity index (χ1n) is 7.39. The van der Waals surface area contributed by atoms with Crippen molar-refractivity contribution in [2.24, 2.45) is 0 Å². The van der Waals surface area contributed by atoms with Crippen molar-refractivity contribution >= 4 is 11.0 Å². The van der Waals surface area contributed by atoms with E-state index >= 15 is 0 Å². The van der Waals surface area contributed by atoms with Gasteiger partial charge in [0.25, 0.3) is 0 Å². The topological polar surface area (TPSA) is 55.9 Å². The second-order valence-electron chi connectivity index (χ2n) is 5.64. The molecule has 0 radical (unpaired) electrons. The summed E-state index contributed by atoms with van der Waals surface area (Å²) in [6.07, 6.45) is 2.08. The Hall–Kier alpha value is -2.14. The summed E-state index contributed by atoms with van der Waals surface area (Å²) >= 11 is 0. The Morgan fingerprint density at radius 3 is 3.14 bits per heavy atom. The predicted molar refractivity (Wildman–Crippen MR) is 79.9 cm³/mol. The number of nitrogens with one attached hydrogen (secondary N) is 1. The molecule has 108 valence electrons. The highest BCUT2D eigenvalue weighted by atomic mass is 16.3. The van der Waals surface area contributed by atoms with Crippen molar-refractivity contribution in [1.82, 2.24) is 20.1 Å². The molecule has 0 bridgehead atoms. The van der Waals surface area contributed by atoms with Crippen LogP contribution in [0.15, 0.2) is 34.7 Å². The van der Waals surface area contributed by atoms with Gasteiger partial charge in [0, 0.05) is 24.4 Å². The Kier molecular flexibility index (Phi) is 3.00. The molecule has 1 unspecified atom stereocenters. The fourth-order valence-electron chi connectivity index (χ4n) is 3.00. The van der Waals surface area contributed by atoms with Crippen LogP contribution in [0.5, 0.6) is 0 Å². The summed E-state index contributed by atoms with van der Waals surface area (Å²) in [6.45, 7) is 3.71. The second-order valence-corrected chi connectivity index (χ2v) is 5.64. The standard InChI is InChI=1S/C16H18N4O/c1-11-18-19-16-7-6-13(10-20(11)16)17-9-14-8-12-4-2-3-5-15(12)21-14/h2-5,8,13,17H,6-7,9-10H2,1H3. The van der Waals surface area contributed by atoms with E-state index in [1.54, 1.807) is 0 Å². The van der Waals surface area contributed by atoms with Gasteiger partial charge in [0.1, 0.15) is 23.0 Å². The van der Waals surface area contributed by atoms with Gasteiger partial charge in [0.2, 0.25) is 0 Å². The average molecular weight is 282 g/mol. The molecular weight excluding hydrogens is 264 g/mol. The van der Waals surface area contributed by atoms with E-state index in [0.29, 0.717) is 6.04 Å². The van der Waals surface area contributed by atoms with Gasteiger partial charge in [-0.2, -0.15) is 0 Å². The zero-order chi connectivity index (χ0) is 14.2. The van der Waals surface area contributed by atoms with Crippen molar-refractivity contribution in [2.75, 3.05) is 0 Å². The lowest BCUT2D eigenvalue weighted by Crippen LogP contribution is -2.37. The third-order valence-corrected chi connectivity index (χ3v) is 4.17. The lowest BCUT2D eigenvalue weighted by molar-refractivity contribution is 0.362. The first-order valence-corrected chi connectivity index (χ1v) is 7.39. The van der Waals surface area contributed by atoms with Gasteiger partial charge in [-0.3, -0.25) is 0 Å². The van der Waals surface area contributed by atoms with Gasteiger partial charge in [-0.15, -0.1) is 10.2 Å². The largest absolute Gasteiger partial charge is 0.460 e. The molecule has 21 heavy (non-hydrogen) atoms. The minimum Gasteiger partial charge on any atom is -0.460 e. The molecule has 1 aliphatic heterocycles. The minimum atomic E-state index is 0.445. The van der Waals surface area contributed by atoms with Gasteiger partial charge in [-0.1, -0.05) is 18.2 Å². The maximum atomic E-state index is 5.84. The molecule has 1 atom stereocenters. The Morgan fingerprint density at radius 1 is 1.33 bits per heavy atom. The third kappa shape index (κ3) is 2.34. The van der Waals surface area contributed by atoms with E-state index in [4.69, 9.17) is 4.42 Å². The van der Waals surface area contributed by atoms with Gasteiger partial charge in [-0.05, 0) is 25.5 Å². The predicted octanol–water partition coefficient (Wildman–Crippen LogP) is 2.44. The minimum absolute atomic E-state index is 0.445. The molecule has 1 aliphatic rings. The highest BCUT2D eigenvalue weighted by Gasteiger charge is 2.21. The van der Waals surface area contributed by atoms with Crippen molar-refractivity contribution in [3.8, 4) is 0 Å². The molecule has 1 aromatic carbocycles. The number of aryl methyl sites for hydroxylation is 2. The Bertz CT molecular complexity index is 741. The molecular formula is C16H18N4O. The van der Waals surface area contributed by atoms with Crippen molar-refractivity contribution in [3.05, 3.63) is 47.7 Å². The number of para-hydroxylation sites is 1. The quantitative estimate of drug-likeness (QED) is 0.801. The summed E-state index contributed by atoms with van der Waals surface area (Å²) in [5.41, 5.74) is 0.954. The zero-order valence-corrected chi connectivity index (χ0v) is 12.0. The van der Waals surface area contributed by atoms with Crippen LogP contribution in [0.4, 0.5) is 0 Å². The van der Waals surface area contributed by atoms with Crippen molar-refractivity contribution < 1.29 is 4.42 Å². The van der Waals surface area contributed by atoms with Gasteiger partial charge in [0.05, 0.1) is 6.54 Å². The number of benzene rings is 1. The summed E-state index contributed by atoms with van der Waals surface area (Å²) in [7, 11) is 0. The molecule has 0 spiro atoms. The van der Waals surface area contributed by atoms with Crippen LogP contribution in [0.3, 0.4) is 0 Å². The highest BCUT2D eigenvalue weighted by Crippen LogP contribution is 2.20. The van der Waals surface area contributed by atoms with Crippen LogP contribution in [0.1, 0.15) is 23.8 Å². The van der Waals surface area contributed by atoms with Gasteiger partial charge in [0.15, 0.2) is 0 Å². The number of fused-ring (bicyclic) bond motifs is 2. The van der Waals surface area contributed by atoms with Crippen LogP contribution in [0, 0.1) is 6.92 Å². The van der Waals surface area contributed by atoms with E-state index < -0.39 is 0 Å². The Labute approximate surface area is 123 Å².